The lowest BCUT2D eigenvalue weighted by Gasteiger charge is -2.20. The fraction of sp³-hybridized carbons (Fsp3) is 0.562. The van der Waals surface area contributed by atoms with E-state index in [1.54, 1.807) is 0 Å². The average Bonchev–Trinajstić information content (AvgIpc) is 2.96. The van der Waals surface area contributed by atoms with Crippen molar-refractivity contribution in [2.24, 2.45) is 4.99 Å². The quantitative estimate of drug-likeness (QED) is 0.488. The van der Waals surface area contributed by atoms with Crippen molar-refractivity contribution in [1.29, 1.82) is 0 Å². The molecule has 1 aromatic rings. The van der Waals surface area contributed by atoms with Crippen molar-refractivity contribution in [3.8, 4) is 5.75 Å². The highest BCUT2D eigenvalue weighted by atomic mass is 19.4. The highest BCUT2D eigenvalue weighted by Gasteiger charge is 2.30. The van der Waals surface area contributed by atoms with E-state index in [9.17, 15) is 18.3 Å². The van der Waals surface area contributed by atoms with E-state index in [0.29, 0.717) is 37.8 Å². The topological polar surface area (TPSA) is 57.1 Å². The standard InChI is InChI=1S/C16H22F3N3O2/c1-2-20-15(22-9-7-13(23)11-22)21-8-10-24-14-5-3-12(4-6-14)16(17,18)19/h3-6,13,23H,2,7-11H2,1H3,(H,20,21)/t13-/m1/s1. The number of nitrogens with zero attached hydrogens (tertiary/aromatic N) is 2. The summed E-state index contributed by atoms with van der Waals surface area (Å²) in [6, 6.07) is 4.59. The monoisotopic (exact) mass is 345 g/mol. The maximum absolute atomic E-state index is 12.5. The zero-order valence-electron chi connectivity index (χ0n) is 13.5. The third-order valence-electron chi connectivity index (χ3n) is 3.60. The van der Waals surface area contributed by atoms with Crippen LogP contribution in [-0.2, 0) is 6.18 Å². The molecule has 0 aliphatic carbocycles. The van der Waals surface area contributed by atoms with Gasteiger partial charge in [-0.1, -0.05) is 0 Å². The summed E-state index contributed by atoms with van der Waals surface area (Å²) in [5.74, 6) is 1.09. The third-order valence-corrected chi connectivity index (χ3v) is 3.60. The van der Waals surface area contributed by atoms with E-state index in [0.717, 1.165) is 18.7 Å². The number of likely N-dealkylation sites (tertiary alicyclic amines) is 1. The van der Waals surface area contributed by atoms with Gasteiger partial charge in [0.05, 0.1) is 18.2 Å². The summed E-state index contributed by atoms with van der Waals surface area (Å²) in [6.07, 6.45) is -3.96. The smallest absolute Gasteiger partial charge is 0.416 e. The Kier molecular flexibility index (Phi) is 6.30. The van der Waals surface area contributed by atoms with Crippen LogP contribution < -0.4 is 10.1 Å². The van der Waals surface area contributed by atoms with Crippen LogP contribution in [0.15, 0.2) is 29.3 Å². The molecule has 24 heavy (non-hydrogen) atoms. The molecule has 0 saturated carbocycles. The summed E-state index contributed by atoms with van der Waals surface area (Å²) in [7, 11) is 0. The van der Waals surface area contributed by atoms with Gasteiger partial charge in [0.1, 0.15) is 12.4 Å². The van der Waals surface area contributed by atoms with E-state index in [-0.39, 0.29) is 12.7 Å². The van der Waals surface area contributed by atoms with Crippen LogP contribution in [0.2, 0.25) is 0 Å². The zero-order chi connectivity index (χ0) is 17.6. The summed E-state index contributed by atoms with van der Waals surface area (Å²) in [4.78, 5) is 6.40. The second kappa shape index (κ2) is 8.23. The number of hydrogen-bond acceptors (Lipinski definition) is 3. The minimum Gasteiger partial charge on any atom is -0.492 e. The summed E-state index contributed by atoms with van der Waals surface area (Å²) < 4.78 is 42.8. The van der Waals surface area contributed by atoms with Gasteiger partial charge in [0.15, 0.2) is 5.96 Å². The molecular formula is C16H22F3N3O2. The van der Waals surface area contributed by atoms with Gasteiger partial charge in [-0.15, -0.1) is 0 Å². The summed E-state index contributed by atoms with van der Waals surface area (Å²) in [6.45, 7) is 4.59. The Bertz CT molecular complexity index is 546. The first-order chi connectivity index (χ1) is 11.4. The molecule has 0 amide bonds. The molecule has 1 aliphatic heterocycles. The number of ether oxygens (including phenoxy) is 1. The number of aliphatic hydroxyl groups excluding tert-OH is 1. The number of guanidine groups is 1. The molecule has 0 radical (unpaired) electrons. The summed E-state index contributed by atoms with van der Waals surface area (Å²) >= 11 is 0. The van der Waals surface area contributed by atoms with Crippen molar-refractivity contribution in [2.75, 3.05) is 32.8 Å². The molecule has 2 N–H and O–H groups in total. The predicted octanol–water partition coefficient (Wildman–Crippen LogP) is 2.12. The number of alkyl halides is 3. The van der Waals surface area contributed by atoms with Gasteiger partial charge < -0.3 is 20.1 Å². The van der Waals surface area contributed by atoms with E-state index < -0.39 is 11.7 Å². The molecule has 1 fully saturated rings. The Labute approximate surface area is 139 Å². The van der Waals surface area contributed by atoms with Gasteiger partial charge in [-0.3, -0.25) is 0 Å². The van der Waals surface area contributed by atoms with Crippen LogP contribution in [0.4, 0.5) is 13.2 Å². The fourth-order valence-electron chi connectivity index (χ4n) is 2.42. The molecule has 134 valence electrons. The van der Waals surface area contributed by atoms with E-state index in [2.05, 4.69) is 10.3 Å². The number of rotatable bonds is 5. The normalized spacial score (nSPS) is 18.8. The van der Waals surface area contributed by atoms with Crippen LogP contribution in [0.1, 0.15) is 18.9 Å². The van der Waals surface area contributed by atoms with Gasteiger partial charge in [-0.2, -0.15) is 13.2 Å². The Morgan fingerprint density at radius 2 is 2.08 bits per heavy atom. The molecule has 0 aromatic heterocycles. The fourth-order valence-corrected chi connectivity index (χ4v) is 2.42. The zero-order valence-corrected chi connectivity index (χ0v) is 13.5. The number of aliphatic imine (C=N–C) groups is 1. The van der Waals surface area contributed by atoms with Gasteiger partial charge in [0, 0.05) is 19.6 Å². The van der Waals surface area contributed by atoms with Crippen LogP contribution in [0, 0.1) is 0 Å². The molecule has 0 unspecified atom stereocenters. The van der Waals surface area contributed by atoms with Gasteiger partial charge in [-0.05, 0) is 37.6 Å². The number of nitrogens with one attached hydrogen (secondary N) is 1. The van der Waals surface area contributed by atoms with Crippen molar-refractivity contribution < 1.29 is 23.0 Å². The number of halogens is 3. The lowest BCUT2D eigenvalue weighted by Crippen LogP contribution is -2.40. The molecule has 0 spiro atoms. The molecule has 2 rings (SSSR count). The molecule has 1 saturated heterocycles. The largest absolute Gasteiger partial charge is 0.492 e. The van der Waals surface area contributed by atoms with Crippen molar-refractivity contribution in [1.82, 2.24) is 10.2 Å². The second-order valence-corrected chi connectivity index (χ2v) is 5.49. The Hall–Kier alpha value is -1.96. The van der Waals surface area contributed by atoms with Gasteiger partial charge in [0.25, 0.3) is 0 Å². The predicted molar refractivity (Wildman–Crippen MR) is 85.1 cm³/mol. The molecular weight excluding hydrogens is 323 g/mol. The van der Waals surface area contributed by atoms with Crippen molar-refractivity contribution in [3.05, 3.63) is 29.8 Å². The highest BCUT2D eigenvalue weighted by molar-refractivity contribution is 5.80. The van der Waals surface area contributed by atoms with E-state index >= 15 is 0 Å². The second-order valence-electron chi connectivity index (χ2n) is 5.49. The number of aliphatic hydroxyl groups is 1. The molecule has 5 nitrogen and oxygen atoms in total. The van der Waals surface area contributed by atoms with Crippen molar-refractivity contribution >= 4 is 5.96 Å². The maximum atomic E-state index is 12.5. The van der Waals surface area contributed by atoms with E-state index in [1.165, 1.54) is 12.1 Å². The van der Waals surface area contributed by atoms with E-state index in [1.807, 2.05) is 11.8 Å². The minimum atomic E-state index is -4.34. The maximum Gasteiger partial charge on any atom is 0.416 e. The number of β-amino-alcohol motifs (C(OH)–C–C–N with tert-alkyl or cyclic N) is 1. The Morgan fingerprint density at radius 3 is 2.62 bits per heavy atom. The molecule has 1 aromatic carbocycles. The first kappa shape index (κ1) is 18.4. The molecule has 0 bridgehead atoms. The van der Waals surface area contributed by atoms with Gasteiger partial charge in [-0.25, -0.2) is 4.99 Å². The van der Waals surface area contributed by atoms with Crippen molar-refractivity contribution in [2.45, 2.75) is 25.6 Å². The third kappa shape index (κ3) is 5.30. The molecule has 8 heteroatoms. The van der Waals surface area contributed by atoms with Gasteiger partial charge in [0.2, 0.25) is 0 Å². The highest BCUT2D eigenvalue weighted by Crippen LogP contribution is 2.30. The number of hydrogen-bond donors (Lipinski definition) is 2. The molecule has 1 atom stereocenters. The van der Waals surface area contributed by atoms with Crippen LogP contribution >= 0.6 is 0 Å². The summed E-state index contributed by atoms with van der Waals surface area (Å²) in [5.41, 5.74) is -0.699. The lowest BCUT2D eigenvalue weighted by atomic mass is 10.2. The Balaban J connectivity index is 1.83. The van der Waals surface area contributed by atoms with Crippen molar-refractivity contribution in [3.63, 3.8) is 0 Å². The number of benzene rings is 1. The van der Waals surface area contributed by atoms with Gasteiger partial charge >= 0.3 is 6.18 Å². The first-order valence-electron chi connectivity index (χ1n) is 7.91. The summed E-state index contributed by atoms with van der Waals surface area (Å²) in [5, 5.41) is 12.7. The lowest BCUT2D eigenvalue weighted by molar-refractivity contribution is -0.137. The van der Waals surface area contributed by atoms with Crippen LogP contribution in [0.5, 0.6) is 5.75 Å². The Morgan fingerprint density at radius 1 is 1.38 bits per heavy atom. The average molecular weight is 345 g/mol. The SMILES string of the molecule is CCNC(=NCCOc1ccc(C(F)(F)F)cc1)N1CC[C@@H](O)C1. The van der Waals surface area contributed by atoms with Crippen LogP contribution in [0.25, 0.3) is 0 Å². The van der Waals surface area contributed by atoms with E-state index in [4.69, 9.17) is 4.74 Å². The first-order valence-corrected chi connectivity index (χ1v) is 7.91. The van der Waals surface area contributed by atoms with Crippen LogP contribution in [0.3, 0.4) is 0 Å². The van der Waals surface area contributed by atoms with Crippen LogP contribution in [-0.4, -0.2) is 54.9 Å². The minimum absolute atomic E-state index is 0.261. The molecule has 1 heterocycles. The molecule has 1 aliphatic rings.